The number of nitrogens with one attached hydrogen (secondary N) is 2. The first kappa shape index (κ1) is 26.1. The molecule has 0 aromatic heterocycles. The summed E-state index contributed by atoms with van der Waals surface area (Å²) in [5.41, 5.74) is -0.249. The number of fused-ring (bicyclic) bond motifs is 5. The predicted molar refractivity (Wildman–Crippen MR) is 138 cm³/mol. The number of aliphatic hydroxyl groups is 2. The third-order valence-electron chi connectivity index (χ3n) is 8.64. The molecule has 194 valence electrons. The van der Waals surface area contributed by atoms with Crippen molar-refractivity contribution in [1.29, 1.82) is 0 Å². The second-order valence-electron chi connectivity index (χ2n) is 10.6. The van der Waals surface area contributed by atoms with E-state index in [-0.39, 0.29) is 29.1 Å². The van der Waals surface area contributed by atoms with E-state index in [1.165, 1.54) is 18.6 Å². The molecule has 4 N–H and O–H groups in total. The van der Waals surface area contributed by atoms with Crippen LogP contribution in [0.25, 0.3) is 0 Å². The minimum absolute atomic E-state index is 0.0603. The zero-order valence-corrected chi connectivity index (χ0v) is 21.1. The van der Waals surface area contributed by atoms with Crippen LogP contribution in [0.3, 0.4) is 0 Å². The summed E-state index contributed by atoms with van der Waals surface area (Å²) in [5.74, 6) is 0.815. The van der Waals surface area contributed by atoms with Gasteiger partial charge in [0.25, 0.3) is 5.91 Å². The van der Waals surface area contributed by atoms with Crippen molar-refractivity contribution in [3.63, 3.8) is 0 Å². The van der Waals surface area contributed by atoms with E-state index in [4.69, 9.17) is 0 Å². The first-order valence-electron chi connectivity index (χ1n) is 13.3. The summed E-state index contributed by atoms with van der Waals surface area (Å²) < 4.78 is 0. The molecular weight excluding hydrogens is 456 g/mol. The van der Waals surface area contributed by atoms with Gasteiger partial charge in [0, 0.05) is 12.6 Å². The summed E-state index contributed by atoms with van der Waals surface area (Å²) in [4.78, 5) is 37.1. The fourth-order valence-corrected chi connectivity index (χ4v) is 6.93. The summed E-state index contributed by atoms with van der Waals surface area (Å²) in [7, 11) is 0. The van der Waals surface area contributed by atoms with E-state index in [1.54, 1.807) is 24.3 Å². The fourth-order valence-electron chi connectivity index (χ4n) is 6.93. The van der Waals surface area contributed by atoms with Crippen LogP contribution < -0.4 is 10.6 Å². The summed E-state index contributed by atoms with van der Waals surface area (Å²) in [6, 6.07) is -0.714. The molecule has 2 saturated carbocycles. The second kappa shape index (κ2) is 11.4. The topological polar surface area (TPSA) is 116 Å². The molecule has 3 fully saturated rings. The van der Waals surface area contributed by atoms with Crippen molar-refractivity contribution >= 4 is 17.6 Å². The minimum atomic E-state index is -0.714. The van der Waals surface area contributed by atoms with Crippen molar-refractivity contribution in [3.8, 4) is 0 Å². The van der Waals surface area contributed by atoms with Crippen molar-refractivity contribution in [2.75, 3.05) is 6.54 Å². The maximum atomic E-state index is 12.6. The number of aliphatic hydroxyl groups excluding tert-OH is 2. The van der Waals surface area contributed by atoms with Crippen molar-refractivity contribution in [3.05, 3.63) is 59.9 Å². The van der Waals surface area contributed by atoms with Crippen molar-refractivity contribution < 1.29 is 24.6 Å². The number of rotatable bonds is 1. The van der Waals surface area contributed by atoms with E-state index in [1.807, 2.05) is 6.08 Å². The summed E-state index contributed by atoms with van der Waals surface area (Å²) >= 11 is 0. The van der Waals surface area contributed by atoms with Gasteiger partial charge in [-0.3, -0.25) is 14.4 Å². The van der Waals surface area contributed by atoms with Crippen LogP contribution in [0.15, 0.2) is 59.9 Å². The van der Waals surface area contributed by atoms with Gasteiger partial charge >= 0.3 is 0 Å². The van der Waals surface area contributed by atoms with Gasteiger partial charge in [-0.2, -0.15) is 0 Å². The minimum Gasteiger partial charge on any atom is -0.507 e. The van der Waals surface area contributed by atoms with E-state index in [0.29, 0.717) is 43.1 Å². The van der Waals surface area contributed by atoms with Gasteiger partial charge in [-0.05, 0) is 67.3 Å². The number of hydrogen-bond donors (Lipinski definition) is 4. The van der Waals surface area contributed by atoms with Crippen molar-refractivity contribution in [1.82, 2.24) is 10.6 Å². The number of hydrogen-bond acceptors (Lipinski definition) is 5. The molecule has 7 heteroatoms. The maximum absolute atomic E-state index is 12.6. The van der Waals surface area contributed by atoms with Gasteiger partial charge in [0.2, 0.25) is 5.91 Å². The molecule has 2 bridgehead atoms. The van der Waals surface area contributed by atoms with Crippen molar-refractivity contribution in [2.24, 2.45) is 35.5 Å². The molecule has 7 nitrogen and oxygen atoms in total. The Labute approximate surface area is 213 Å². The quantitative estimate of drug-likeness (QED) is 0.418. The van der Waals surface area contributed by atoms with Gasteiger partial charge < -0.3 is 20.8 Å². The molecular formula is C29H38N2O5. The highest BCUT2D eigenvalue weighted by molar-refractivity contribution is 6.27. The standard InChI is InChI=1S/C29H38N2O5/c1-3-18-15-20-16-19-9-4-7-13-24(34)30-14-8-10-21-28(35)27(29(36)31-21)23(33)12-6-5-11-22(32)26(19)25(20)17(18)2/h4-7,9,11-13,17-22,25-26,32-33H,3,8,10,14-16H2,1-2H3,(H,30,34)(H,31,36)/b9-4+,11-5+,12-6+,13-7+,27-23-/t17-,18+,19-,20+,21-,22-,25+,26-/m0/s1. The van der Waals surface area contributed by atoms with Gasteiger partial charge in [0.1, 0.15) is 11.3 Å². The Hall–Kier alpha value is -2.93. The highest BCUT2D eigenvalue weighted by atomic mass is 16.3. The maximum Gasteiger partial charge on any atom is 0.259 e. The molecule has 2 aliphatic carbocycles. The summed E-state index contributed by atoms with van der Waals surface area (Å²) in [6.45, 7) is 4.92. The summed E-state index contributed by atoms with van der Waals surface area (Å²) in [5, 5.41) is 27.0. The Morgan fingerprint density at radius 1 is 1.00 bits per heavy atom. The Bertz CT molecular complexity index is 1020. The third-order valence-corrected chi connectivity index (χ3v) is 8.64. The number of Topliss-reactive ketones (excluding diaryl/α,β-unsaturated/α-hetero) is 1. The molecule has 0 spiro atoms. The molecule has 0 aromatic rings. The van der Waals surface area contributed by atoms with E-state index >= 15 is 0 Å². The van der Waals surface area contributed by atoms with Gasteiger partial charge in [0.05, 0.1) is 12.1 Å². The van der Waals surface area contributed by atoms with Gasteiger partial charge in [-0.25, -0.2) is 0 Å². The van der Waals surface area contributed by atoms with Crippen molar-refractivity contribution in [2.45, 2.75) is 58.1 Å². The van der Waals surface area contributed by atoms with Crippen LogP contribution in [0.5, 0.6) is 0 Å². The van der Waals surface area contributed by atoms with E-state index in [2.05, 4.69) is 30.6 Å². The largest absolute Gasteiger partial charge is 0.507 e. The first-order valence-corrected chi connectivity index (χ1v) is 13.3. The SMILES string of the molecule is CC[C@@H]1C[C@@H]2C[C@@H]3/C=C/C=C/C(=O)NCCC[C@@H]4NC(=O)/C(=C(O)/C=C/C=C/[C@H](O)[C@H]3[C@@H]2[C@H]1C)C4=O. The first-order chi connectivity index (χ1) is 17.3. The highest BCUT2D eigenvalue weighted by Crippen LogP contribution is 2.57. The molecule has 2 heterocycles. The zero-order chi connectivity index (χ0) is 25.8. The van der Waals surface area contributed by atoms with Crippen LogP contribution >= 0.6 is 0 Å². The van der Waals surface area contributed by atoms with E-state index < -0.39 is 23.8 Å². The zero-order valence-electron chi connectivity index (χ0n) is 21.1. The van der Waals surface area contributed by atoms with Gasteiger partial charge in [-0.1, -0.05) is 56.7 Å². The van der Waals surface area contributed by atoms with Crippen LogP contribution in [0.4, 0.5) is 0 Å². The number of ketones is 1. The predicted octanol–water partition coefficient (Wildman–Crippen LogP) is 3.30. The molecule has 4 aliphatic rings. The number of amides is 2. The third kappa shape index (κ3) is 5.41. The Kier molecular flexibility index (Phi) is 8.29. The number of carbonyl (C=O) groups is 3. The average Bonchev–Trinajstić information content (AvgIpc) is 3.45. The van der Waals surface area contributed by atoms with Crippen LogP contribution in [-0.4, -0.2) is 46.5 Å². The Morgan fingerprint density at radius 2 is 1.75 bits per heavy atom. The molecule has 2 aliphatic heterocycles. The van der Waals surface area contributed by atoms with Gasteiger partial charge in [0.15, 0.2) is 5.78 Å². The number of allylic oxidation sites excluding steroid dienone is 6. The van der Waals surface area contributed by atoms with E-state index in [9.17, 15) is 24.6 Å². The second-order valence-corrected chi connectivity index (χ2v) is 10.6. The lowest BCUT2D eigenvalue weighted by molar-refractivity contribution is -0.118. The molecule has 0 radical (unpaired) electrons. The molecule has 4 rings (SSSR count). The molecule has 2 amide bonds. The number of carbonyl (C=O) groups excluding carboxylic acids is 3. The van der Waals surface area contributed by atoms with Crippen LogP contribution in [-0.2, 0) is 14.4 Å². The van der Waals surface area contributed by atoms with Crippen LogP contribution in [0.2, 0.25) is 0 Å². The van der Waals surface area contributed by atoms with Crippen LogP contribution in [0.1, 0.15) is 46.0 Å². The van der Waals surface area contributed by atoms with Crippen LogP contribution in [0, 0.1) is 35.5 Å². The lowest BCUT2D eigenvalue weighted by Gasteiger charge is -2.30. The highest BCUT2D eigenvalue weighted by Gasteiger charge is 2.52. The lowest BCUT2D eigenvalue weighted by Crippen LogP contribution is -2.31. The molecule has 0 aromatic carbocycles. The normalized spacial score (nSPS) is 43.1. The van der Waals surface area contributed by atoms with Gasteiger partial charge in [-0.15, -0.1) is 0 Å². The summed E-state index contributed by atoms with van der Waals surface area (Å²) in [6.07, 6.45) is 17.1. The molecule has 8 atom stereocenters. The fraction of sp³-hybridized carbons (Fsp3) is 0.552. The molecule has 36 heavy (non-hydrogen) atoms. The Morgan fingerprint density at radius 3 is 2.53 bits per heavy atom. The molecule has 1 saturated heterocycles. The Balaban J connectivity index is 1.60. The average molecular weight is 495 g/mol. The molecule has 0 unspecified atom stereocenters. The van der Waals surface area contributed by atoms with E-state index in [0.717, 1.165) is 12.8 Å². The lowest BCUT2D eigenvalue weighted by atomic mass is 9.76. The smallest absolute Gasteiger partial charge is 0.259 e. The monoisotopic (exact) mass is 494 g/mol.